The summed E-state index contributed by atoms with van der Waals surface area (Å²) in [7, 11) is 0. The van der Waals surface area contributed by atoms with Crippen molar-refractivity contribution in [3.63, 3.8) is 0 Å². The van der Waals surface area contributed by atoms with E-state index in [2.05, 4.69) is 19.2 Å². The van der Waals surface area contributed by atoms with Crippen LogP contribution in [0, 0.1) is 11.3 Å². The minimum atomic E-state index is 0.0719. The zero-order valence-corrected chi connectivity index (χ0v) is 13.8. The molecule has 0 spiro atoms. The molecule has 3 N–H and O–H groups in total. The van der Waals surface area contributed by atoms with E-state index in [4.69, 9.17) is 5.73 Å². The van der Waals surface area contributed by atoms with Crippen molar-refractivity contribution in [3.05, 3.63) is 0 Å². The number of nitrogens with one attached hydrogen (secondary N) is 1. The summed E-state index contributed by atoms with van der Waals surface area (Å²) < 4.78 is 0. The smallest absolute Gasteiger partial charge is 0.223 e. The van der Waals surface area contributed by atoms with E-state index >= 15 is 0 Å². The molecule has 122 valence electrons. The first kappa shape index (κ1) is 18.0. The first-order valence-corrected chi connectivity index (χ1v) is 8.15. The Morgan fingerprint density at radius 3 is 2.38 bits per heavy atom. The lowest BCUT2D eigenvalue weighted by Gasteiger charge is -2.32. The second-order valence-electron chi connectivity index (χ2n) is 6.75. The Balaban J connectivity index is 2.33. The normalized spacial score (nSPS) is 16.9. The number of hydrogen-bond acceptors (Lipinski definition) is 3. The maximum absolute atomic E-state index is 12.2. The molecule has 2 amide bonds. The van der Waals surface area contributed by atoms with E-state index in [1.807, 2.05) is 11.8 Å². The summed E-state index contributed by atoms with van der Waals surface area (Å²) in [6.07, 6.45) is 3.96. The first-order chi connectivity index (χ1) is 9.89. The molecule has 5 nitrogen and oxygen atoms in total. The van der Waals surface area contributed by atoms with Crippen molar-refractivity contribution in [2.75, 3.05) is 26.2 Å². The number of nitrogens with zero attached hydrogens (tertiary/aromatic N) is 1. The van der Waals surface area contributed by atoms with Crippen molar-refractivity contribution in [2.24, 2.45) is 17.1 Å². The van der Waals surface area contributed by atoms with Crippen LogP contribution in [0.4, 0.5) is 0 Å². The standard InChI is InChI=1S/C16H31N3O2/c1-4-18-15(21)13-6-11-19(12-7-13)14(20)5-8-16(2,3)9-10-17/h13H,4-12,17H2,1-3H3,(H,18,21). The van der Waals surface area contributed by atoms with Crippen molar-refractivity contribution in [3.8, 4) is 0 Å². The Morgan fingerprint density at radius 1 is 1.24 bits per heavy atom. The molecule has 1 rings (SSSR count). The Morgan fingerprint density at radius 2 is 1.86 bits per heavy atom. The molecule has 1 aliphatic heterocycles. The van der Waals surface area contributed by atoms with E-state index in [0.717, 1.165) is 25.7 Å². The summed E-state index contributed by atoms with van der Waals surface area (Å²) in [6.45, 7) is 9.01. The number of amides is 2. The predicted octanol–water partition coefficient (Wildman–Crippen LogP) is 1.52. The molecule has 1 saturated heterocycles. The van der Waals surface area contributed by atoms with Crippen LogP contribution in [0.1, 0.15) is 52.9 Å². The molecule has 21 heavy (non-hydrogen) atoms. The Kier molecular flexibility index (Phi) is 7.15. The summed E-state index contributed by atoms with van der Waals surface area (Å²) in [5.41, 5.74) is 5.73. The van der Waals surface area contributed by atoms with Crippen LogP contribution in [0.2, 0.25) is 0 Å². The molecule has 0 radical (unpaired) electrons. The van der Waals surface area contributed by atoms with Gasteiger partial charge in [-0.05, 0) is 44.6 Å². The van der Waals surface area contributed by atoms with Crippen LogP contribution in [0.25, 0.3) is 0 Å². The first-order valence-electron chi connectivity index (χ1n) is 8.15. The predicted molar refractivity (Wildman–Crippen MR) is 84.7 cm³/mol. The number of likely N-dealkylation sites (tertiary alicyclic amines) is 1. The van der Waals surface area contributed by atoms with Crippen LogP contribution < -0.4 is 11.1 Å². The third-order valence-electron chi connectivity index (χ3n) is 4.41. The highest BCUT2D eigenvalue weighted by atomic mass is 16.2. The van der Waals surface area contributed by atoms with E-state index in [1.54, 1.807) is 0 Å². The van der Waals surface area contributed by atoms with Crippen molar-refractivity contribution >= 4 is 11.8 Å². The molecular formula is C16H31N3O2. The molecule has 0 unspecified atom stereocenters. The number of hydrogen-bond donors (Lipinski definition) is 2. The van der Waals surface area contributed by atoms with Gasteiger partial charge in [0.05, 0.1) is 0 Å². The van der Waals surface area contributed by atoms with Crippen LogP contribution in [-0.2, 0) is 9.59 Å². The fourth-order valence-corrected chi connectivity index (χ4v) is 2.83. The number of nitrogens with two attached hydrogens (primary N) is 1. The van der Waals surface area contributed by atoms with Crippen molar-refractivity contribution in [1.29, 1.82) is 0 Å². The van der Waals surface area contributed by atoms with Gasteiger partial charge < -0.3 is 16.0 Å². The summed E-state index contributed by atoms with van der Waals surface area (Å²) in [6, 6.07) is 0. The minimum absolute atomic E-state index is 0.0719. The highest BCUT2D eigenvalue weighted by Crippen LogP contribution is 2.27. The Hall–Kier alpha value is -1.10. The lowest BCUT2D eigenvalue weighted by atomic mass is 9.84. The average molecular weight is 297 g/mol. The quantitative estimate of drug-likeness (QED) is 0.748. The van der Waals surface area contributed by atoms with Crippen molar-refractivity contribution in [1.82, 2.24) is 10.2 Å². The SMILES string of the molecule is CCNC(=O)C1CCN(C(=O)CCC(C)(C)CCN)CC1. The van der Waals surface area contributed by atoms with Crippen LogP contribution in [0.15, 0.2) is 0 Å². The second-order valence-corrected chi connectivity index (χ2v) is 6.75. The topological polar surface area (TPSA) is 75.4 Å². The van der Waals surface area contributed by atoms with E-state index in [1.165, 1.54) is 0 Å². The lowest BCUT2D eigenvalue weighted by Crippen LogP contribution is -2.43. The van der Waals surface area contributed by atoms with Gasteiger partial charge in [-0.25, -0.2) is 0 Å². The molecular weight excluding hydrogens is 266 g/mol. The van der Waals surface area contributed by atoms with E-state index in [0.29, 0.717) is 32.6 Å². The zero-order chi connectivity index (χ0) is 15.9. The fraction of sp³-hybridized carbons (Fsp3) is 0.875. The van der Waals surface area contributed by atoms with Gasteiger partial charge in [-0.15, -0.1) is 0 Å². The van der Waals surface area contributed by atoms with Gasteiger partial charge in [-0.3, -0.25) is 9.59 Å². The number of carbonyl (C=O) groups is 2. The van der Waals surface area contributed by atoms with Gasteiger partial charge in [0.25, 0.3) is 0 Å². The van der Waals surface area contributed by atoms with E-state index < -0.39 is 0 Å². The molecule has 5 heteroatoms. The minimum Gasteiger partial charge on any atom is -0.356 e. The molecule has 0 aliphatic carbocycles. The lowest BCUT2D eigenvalue weighted by molar-refractivity contribution is -0.136. The highest BCUT2D eigenvalue weighted by molar-refractivity contribution is 5.80. The summed E-state index contributed by atoms with van der Waals surface area (Å²) in [4.78, 5) is 25.9. The van der Waals surface area contributed by atoms with Gasteiger partial charge in [0.1, 0.15) is 0 Å². The van der Waals surface area contributed by atoms with Gasteiger partial charge in [0, 0.05) is 32.0 Å². The number of piperidine rings is 1. The number of rotatable bonds is 7. The van der Waals surface area contributed by atoms with Gasteiger partial charge in [-0.2, -0.15) is 0 Å². The van der Waals surface area contributed by atoms with Gasteiger partial charge in [-0.1, -0.05) is 13.8 Å². The second kappa shape index (κ2) is 8.37. The molecule has 0 bridgehead atoms. The van der Waals surface area contributed by atoms with Gasteiger partial charge in [0.2, 0.25) is 11.8 Å². The summed E-state index contributed by atoms with van der Waals surface area (Å²) in [5.74, 6) is 0.422. The maximum atomic E-state index is 12.2. The molecule has 1 aliphatic rings. The van der Waals surface area contributed by atoms with Crippen LogP contribution in [0.3, 0.4) is 0 Å². The van der Waals surface area contributed by atoms with Crippen LogP contribution >= 0.6 is 0 Å². The monoisotopic (exact) mass is 297 g/mol. The van der Waals surface area contributed by atoms with E-state index in [-0.39, 0.29) is 23.1 Å². The zero-order valence-electron chi connectivity index (χ0n) is 13.8. The summed E-state index contributed by atoms with van der Waals surface area (Å²) >= 11 is 0. The molecule has 0 aromatic carbocycles. The fourth-order valence-electron chi connectivity index (χ4n) is 2.83. The van der Waals surface area contributed by atoms with Gasteiger partial charge >= 0.3 is 0 Å². The molecule has 0 atom stereocenters. The highest BCUT2D eigenvalue weighted by Gasteiger charge is 2.27. The van der Waals surface area contributed by atoms with Gasteiger partial charge in [0.15, 0.2) is 0 Å². The summed E-state index contributed by atoms with van der Waals surface area (Å²) in [5, 5.41) is 2.86. The molecule has 0 aromatic rings. The number of carbonyl (C=O) groups excluding carboxylic acids is 2. The third kappa shape index (κ3) is 6.04. The van der Waals surface area contributed by atoms with Crippen molar-refractivity contribution in [2.45, 2.75) is 52.9 Å². The Labute approximate surface area is 128 Å². The molecule has 1 fully saturated rings. The average Bonchev–Trinajstić information content (AvgIpc) is 2.45. The maximum Gasteiger partial charge on any atom is 0.223 e. The Bertz CT molecular complexity index is 347. The largest absolute Gasteiger partial charge is 0.356 e. The van der Waals surface area contributed by atoms with Crippen LogP contribution in [0.5, 0.6) is 0 Å². The van der Waals surface area contributed by atoms with Crippen LogP contribution in [-0.4, -0.2) is 42.9 Å². The molecule has 0 saturated carbocycles. The molecule has 0 aromatic heterocycles. The third-order valence-corrected chi connectivity index (χ3v) is 4.41. The van der Waals surface area contributed by atoms with E-state index in [9.17, 15) is 9.59 Å². The molecule has 1 heterocycles. The van der Waals surface area contributed by atoms with Crippen molar-refractivity contribution < 1.29 is 9.59 Å².